The van der Waals surface area contributed by atoms with E-state index >= 15 is 0 Å². The first kappa shape index (κ1) is 30.8. The van der Waals surface area contributed by atoms with Gasteiger partial charge in [0.05, 0.1) is 23.8 Å². The highest BCUT2D eigenvalue weighted by Crippen LogP contribution is 2.05. The van der Waals surface area contributed by atoms with E-state index < -0.39 is 23.8 Å². The molecule has 0 fully saturated rings. The Hall–Kier alpha value is -1.23. The van der Waals surface area contributed by atoms with E-state index in [1.807, 2.05) is 0 Å². The van der Waals surface area contributed by atoms with E-state index in [1.54, 1.807) is 0 Å². The lowest BCUT2D eigenvalue weighted by Crippen LogP contribution is -2.49. The SMILES string of the molecule is [B]NCCCCC(N[B])C(=O)NCCCCC(NC(=O)C(CCCCN[B])N[B])C([B])=O. The molecule has 2 amide bonds. The molecule has 0 aromatic rings. The van der Waals surface area contributed by atoms with Gasteiger partial charge in [0, 0.05) is 6.54 Å². The molecule has 0 aliphatic heterocycles. The monoisotopic (exact) mass is 436 g/mol. The van der Waals surface area contributed by atoms with Crippen molar-refractivity contribution in [2.24, 2.45) is 0 Å². The van der Waals surface area contributed by atoms with Gasteiger partial charge < -0.3 is 36.3 Å². The number of carbonyl (C=O) groups excluding carboxylic acids is 3. The second-order valence-corrected chi connectivity index (χ2v) is 7.59. The largest absolute Gasteiger partial charge is 0.366 e. The van der Waals surface area contributed by atoms with Gasteiger partial charge in [0.1, 0.15) is 0 Å². The van der Waals surface area contributed by atoms with Crippen molar-refractivity contribution in [1.29, 1.82) is 0 Å². The molecule has 168 valence electrons. The lowest BCUT2D eigenvalue weighted by molar-refractivity contribution is -0.126. The molecule has 3 atom stereocenters. The third kappa shape index (κ3) is 14.8. The van der Waals surface area contributed by atoms with E-state index in [9.17, 15) is 14.4 Å². The van der Waals surface area contributed by atoms with Gasteiger partial charge >= 0.3 is 0 Å². The fourth-order valence-electron chi connectivity index (χ4n) is 3.10. The maximum absolute atomic E-state index is 12.4. The van der Waals surface area contributed by atoms with Crippen LogP contribution >= 0.6 is 0 Å². The molecule has 14 heteroatoms. The van der Waals surface area contributed by atoms with Gasteiger partial charge in [-0.2, -0.15) is 0 Å². The fraction of sp³-hybridized carbons (Fsp3) is 0.833. The predicted molar refractivity (Wildman–Crippen MR) is 130 cm³/mol. The molecule has 0 bridgehead atoms. The Morgan fingerprint density at radius 2 is 1.03 bits per heavy atom. The van der Waals surface area contributed by atoms with E-state index in [0.29, 0.717) is 51.7 Å². The number of carbonyl (C=O) groups is 3. The van der Waals surface area contributed by atoms with E-state index in [0.717, 1.165) is 25.7 Å². The molecule has 0 aliphatic rings. The van der Waals surface area contributed by atoms with Crippen LogP contribution in [0.5, 0.6) is 0 Å². The highest BCUT2D eigenvalue weighted by molar-refractivity contribution is 6.59. The van der Waals surface area contributed by atoms with Crippen LogP contribution in [0.4, 0.5) is 0 Å². The summed E-state index contributed by atoms with van der Waals surface area (Å²) in [6.45, 7) is 1.72. The smallest absolute Gasteiger partial charge is 0.236 e. The van der Waals surface area contributed by atoms with Crippen LogP contribution in [-0.2, 0) is 14.4 Å². The molecule has 6 N–H and O–H groups in total. The number of unbranched alkanes of at least 4 members (excludes halogenated alkanes) is 3. The summed E-state index contributed by atoms with van der Waals surface area (Å²) in [7, 11) is 26.8. The Morgan fingerprint density at radius 1 is 0.594 bits per heavy atom. The van der Waals surface area contributed by atoms with Gasteiger partial charge in [-0.3, -0.25) is 9.59 Å². The van der Waals surface area contributed by atoms with Crippen LogP contribution in [0.1, 0.15) is 57.8 Å². The summed E-state index contributed by atoms with van der Waals surface area (Å²) in [5.74, 6) is -0.568. The number of rotatable bonds is 21. The van der Waals surface area contributed by atoms with Gasteiger partial charge in [0.2, 0.25) is 11.8 Å². The van der Waals surface area contributed by atoms with Crippen molar-refractivity contribution < 1.29 is 14.4 Å². The van der Waals surface area contributed by atoms with Crippen molar-refractivity contribution in [3.05, 3.63) is 0 Å². The summed E-state index contributed by atoms with van der Waals surface area (Å²) in [5.41, 5.74) is -0.621. The third-order valence-electron chi connectivity index (χ3n) is 5.04. The Morgan fingerprint density at radius 3 is 1.47 bits per heavy atom. The molecular formula is C18H33B5N6O3. The summed E-state index contributed by atoms with van der Waals surface area (Å²) in [6, 6.07) is -1.92. The minimum absolute atomic E-state index is 0.186. The number of nitrogens with one attached hydrogen (secondary N) is 6. The van der Waals surface area contributed by atoms with Crippen molar-refractivity contribution in [3.8, 4) is 0 Å². The summed E-state index contributed by atoms with van der Waals surface area (Å²) in [5, 5.41) is 15.5. The molecule has 0 aromatic heterocycles. The van der Waals surface area contributed by atoms with Gasteiger partial charge in [-0.15, -0.1) is 0 Å². The summed E-state index contributed by atoms with van der Waals surface area (Å²) in [6.07, 6.45) is 5.82. The van der Waals surface area contributed by atoms with E-state index in [1.165, 1.54) is 0 Å². The van der Waals surface area contributed by atoms with Crippen molar-refractivity contribution in [2.75, 3.05) is 19.6 Å². The topological polar surface area (TPSA) is 123 Å². The van der Waals surface area contributed by atoms with Gasteiger partial charge in [0.15, 0.2) is 39.8 Å². The van der Waals surface area contributed by atoms with Crippen molar-refractivity contribution in [1.82, 2.24) is 31.5 Å². The minimum atomic E-state index is -0.811. The van der Waals surface area contributed by atoms with Crippen LogP contribution in [0, 0.1) is 0 Å². The molecule has 32 heavy (non-hydrogen) atoms. The normalized spacial score (nSPS) is 13.8. The number of amides is 2. The summed E-state index contributed by atoms with van der Waals surface area (Å²) < 4.78 is 0. The molecule has 0 saturated heterocycles. The average molecular weight is 436 g/mol. The maximum Gasteiger partial charge on any atom is 0.236 e. The highest BCUT2D eigenvalue weighted by atomic mass is 16.2. The van der Waals surface area contributed by atoms with Crippen molar-refractivity contribution in [2.45, 2.75) is 75.9 Å². The zero-order valence-corrected chi connectivity index (χ0v) is 18.8. The van der Waals surface area contributed by atoms with Gasteiger partial charge in [-0.25, -0.2) is 0 Å². The fourth-order valence-corrected chi connectivity index (χ4v) is 3.10. The Bertz CT molecular complexity index is 535. The van der Waals surface area contributed by atoms with Crippen LogP contribution in [0.15, 0.2) is 0 Å². The molecule has 0 aromatic carbocycles. The molecule has 9 nitrogen and oxygen atoms in total. The van der Waals surface area contributed by atoms with E-state index in [2.05, 4.69) is 31.5 Å². The number of hydrogen-bond acceptors (Lipinski definition) is 7. The molecule has 3 unspecified atom stereocenters. The van der Waals surface area contributed by atoms with Crippen LogP contribution in [0.3, 0.4) is 0 Å². The zero-order chi connectivity index (χ0) is 24.2. The van der Waals surface area contributed by atoms with E-state index in [-0.39, 0.29) is 11.8 Å². The van der Waals surface area contributed by atoms with Crippen molar-refractivity contribution >= 4 is 57.3 Å². The zero-order valence-electron chi connectivity index (χ0n) is 18.8. The summed E-state index contributed by atoms with van der Waals surface area (Å²) in [4.78, 5) is 36.3. The third-order valence-corrected chi connectivity index (χ3v) is 5.04. The second kappa shape index (κ2) is 20.4. The first-order valence-corrected chi connectivity index (χ1v) is 11.1. The molecule has 0 rings (SSSR count). The quantitative estimate of drug-likeness (QED) is 0.0852. The Balaban J connectivity index is 4.27. The van der Waals surface area contributed by atoms with Crippen LogP contribution in [-0.4, -0.2) is 95.0 Å². The first-order valence-electron chi connectivity index (χ1n) is 11.1. The lowest BCUT2D eigenvalue weighted by atomic mass is 9.91. The lowest BCUT2D eigenvalue weighted by Gasteiger charge is -2.22. The van der Waals surface area contributed by atoms with Gasteiger partial charge in [0.25, 0.3) is 0 Å². The van der Waals surface area contributed by atoms with E-state index in [4.69, 9.17) is 39.8 Å². The summed E-state index contributed by atoms with van der Waals surface area (Å²) >= 11 is 0. The Labute approximate surface area is 199 Å². The molecule has 0 spiro atoms. The number of hydrogen-bond donors (Lipinski definition) is 6. The van der Waals surface area contributed by atoms with Gasteiger partial charge in [-0.1, -0.05) is 12.8 Å². The highest BCUT2D eigenvalue weighted by Gasteiger charge is 2.21. The molecule has 0 heterocycles. The van der Waals surface area contributed by atoms with Gasteiger partial charge in [-0.05, 0) is 58.0 Å². The van der Waals surface area contributed by atoms with Crippen LogP contribution in [0.25, 0.3) is 0 Å². The van der Waals surface area contributed by atoms with Crippen LogP contribution < -0.4 is 31.5 Å². The first-order chi connectivity index (χ1) is 15.4. The predicted octanol–water partition coefficient (Wildman–Crippen LogP) is -2.78. The average Bonchev–Trinajstić information content (AvgIpc) is 2.77. The molecule has 0 saturated carbocycles. The van der Waals surface area contributed by atoms with Crippen LogP contribution in [0.2, 0.25) is 0 Å². The second-order valence-electron chi connectivity index (χ2n) is 7.59. The van der Waals surface area contributed by atoms with Crippen molar-refractivity contribution in [3.63, 3.8) is 0 Å². The standard InChI is InChI=1S/C18H33B5N6O3/c19-16(30)13(27-18(32)15(29-23)9-3-6-12-26-21)7-1-4-10-24-17(31)14(28-22)8-2-5-11-25-20/h13-15,25-26,28-29H,1-12H2,(H,24,31)(H,27,32). The maximum atomic E-state index is 12.4. The molecule has 10 radical (unpaired) electrons. The minimum Gasteiger partial charge on any atom is -0.366 e. The molecular weight excluding hydrogens is 402 g/mol. The Kier molecular flexibility index (Phi) is 19.6. The molecule has 0 aliphatic carbocycles.